The zero-order valence-electron chi connectivity index (χ0n) is 31.0. The zero-order valence-corrected chi connectivity index (χ0v) is 31.0. The summed E-state index contributed by atoms with van der Waals surface area (Å²) in [5.74, 6) is 0. The van der Waals surface area contributed by atoms with Gasteiger partial charge in [0.15, 0.2) is 0 Å². The van der Waals surface area contributed by atoms with Crippen LogP contribution in [0.2, 0.25) is 0 Å². The molecule has 0 unspecified atom stereocenters. The Morgan fingerprint density at radius 3 is 0.833 bits per heavy atom. The number of rotatable bonds is 6. The summed E-state index contributed by atoms with van der Waals surface area (Å²) in [6.07, 6.45) is -0.736. The van der Waals surface area contributed by atoms with E-state index in [4.69, 9.17) is 14.2 Å². The Morgan fingerprint density at radius 1 is 0.438 bits per heavy atom. The number of ether oxygens (including phenoxy) is 3. The third kappa shape index (κ3) is 12.4. The van der Waals surface area contributed by atoms with Crippen molar-refractivity contribution in [3.05, 3.63) is 34.9 Å². The van der Waals surface area contributed by atoms with Crippen LogP contribution in [0.3, 0.4) is 0 Å². The molecule has 0 N–H and O–H groups in total. The summed E-state index contributed by atoms with van der Waals surface area (Å²) < 4.78 is 16.8. The average Bonchev–Trinajstić information content (AvgIpc) is 2.95. The average molecular weight is 673 g/mol. The van der Waals surface area contributed by atoms with Crippen molar-refractivity contribution in [2.75, 3.05) is 78.5 Å². The highest BCUT2D eigenvalue weighted by Gasteiger charge is 2.29. The van der Waals surface area contributed by atoms with Crippen LogP contribution in [0.4, 0.5) is 14.4 Å². The standard InChI is InChI=1S/C36H60N6O6/c1-34(2,3)46-31(43)40-16-10-37(11-17-40)25-28-22-29(26-38-12-18-41(19-13-38)32(44)47-35(4,5)6)24-30(23-28)27-39-14-20-42(21-15-39)33(45)48-36(7,8)9/h22-24H,10-21,25-27H2,1-9H3. The van der Waals surface area contributed by atoms with E-state index in [-0.39, 0.29) is 18.3 Å². The van der Waals surface area contributed by atoms with Crippen LogP contribution in [0.1, 0.15) is 79.0 Å². The maximum Gasteiger partial charge on any atom is 0.410 e. The molecule has 3 aliphatic heterocycles. The van der Waals surface area contributed by atoms with Crippen LogP contribution in [-0.4, -0.2) is 143 Å². The molecule has 12 nitrogen and oxygen atoms in total. The summed E-state index contributed by atoms with van der Waals surface area (Å²) >= 11 is 0. The first-order valence-corrected chi connectivity index (χ1v) is 17.5. The van der Waals surface area contributed by atoms with Gasteiger partial charge in [0, 0.05) is 98.2 Å². The van der Waals surface area contributed by atoms with Gasteiger partial charge < -0.3 is 28.9 Å². The molecule has 0 aliphatic carbocycles. The molecular weight excluding hydrogens is 612 g/mol. The minimum atomic E-state index is -0.504. The molecule has 12 heteroatoms. The number of amides is 3. The summed E-state index contributed by atoms with van der Waals surface area (Å²) in [5.41, 5.74) is 2.26. The van der Waals surface area contributed by atoms with E-state index in [2.05, 4.69) is 32.9 Å². The molecule has 48 heavy (non-hydrogen) atoms. The van der Waals surface area contributed by atoms with Crippen LogP contribution in [0.25, 0.3) is 0 Å². The van der Waals surface area contributed by atoms with E-state index in [9.17, 15) is 14.4 Å². The van der Waals surface area contributed by atoms with Gasteiger partial charge >= 0.3 is 18.3 Å². The molecule has 0 spiro atoms. The van der Waals surface area contributed by atoms with Crippen molar-refractivity contribution in [2.24, 2.45) is 0 Å². The highest BCUT2D eigenvalue weighted by molar-refractivity contribution is 5.69. The molecule has 3 amide bonds. The van der Waals surface area contributed by atoms with E-state index in [1.54, 1.807) is 14.7 Å². The Hall–Kier alpha value is -3.09. The second-order valence-electron chi connectivity index (χ2n) is 16.4. The molecule has 270 valence electrons. The fourth-order valence-electron chi connectivity index (χ4n) is 6.13. The van der Waals surface area contributed by atoms with Crippen LogP contribution in [0, 0.1) is 0 Å². The maximum absolute atomic E-state index is 12.6. The SMILES string of the molecule is CC(C)(C)OC(=O)N1CCN(Cc2cc(CN3CCN(C(=O)OC(C)(C)C)CC3)cc(CN3CCN(C(=O)OC(C)(C)C)CC3)c2)CC1. The minimum absolute atomic E-state index is 0.245. The molecule has 0 bridgehead atoms. The highest BCUT2D eigenvalue weighted by Crippen LogP contribution is 2.21. The Bertz CT molecular complexity index is 1080. The Balaban J connectivity index is 1.39. The van der Waals surface area contributed by atoms with Crippen LogP contribution in [0.15, 0.2) is 18.2 Å². The number of hydrogen-bond acceptors (Lipinski definition) is 9. The lowest BCUT2D eigenvalue weighted by molar-refractivity contribution is 0.0131. The summed E-state index contributed by atoms with van der Waals surface area (Å²) in [6.45, 7) is 28.1. The largest absolute Gasteiger partial charge is 0.444 e. The first kappa shape index (κ1) is 37.7. The predicted molar refractivity (Wildman–Crippen MR) is 186 cm³/mol. The zero-order chi connectivity index (χ0) is 35.3. The lowest BCUT2D eigenvalue weighted by Crippen LogP contribution is -2.50. The van der Waals surface area contributed by atoms with Gasteiger partial charge in [0.2, 0.25) is 0 Å². The third-order valence-corrected chi connectivity index (χ3v) is 8.40. The normalized spacial score (nSPS) is 19.3. The van der Waals surface area contributed by atoms with Crippen LogP contribution in [-0.2, 0) is 33.8 Å². The highest BCUT2D eigenvalue weighted by atomic mass is 16.6. The first-order valence-electron chi connectivity index (χ1n) is 17.5. The molecule has 1 aromatic rings. The van der Waals surface area contributed by atoms with Crippen molar-refractivity contribution in [3.8, 4) is 0 Å². The molecular formula is C36H60N6O6. The summed E-state index contributed by atoms with van der Waals surface area (Å²) in [6, 6.07) is 6.93. The lowest BCUT2D eigenvalue weighted by Gasteiger charge is -2.37. The monoisotopic (exact) mass is 672 g/mol. The van der Waals surface area contributed by atoms with Gasteiger partial charge in [-0.05, 0) is 79.0 Å². The van der Waals surface area contributed by atoms with Crippen molar-refractivity contribution in [2.45, 2.75) is 98.8 Å². The van der Waals surface area contributed by atoms with E-state index in [0.717, 1.165) is 58.9 Å². The van der Waals surface area contributed by atoms with Gasteiger partial charge in [0.1, 0.15) is 16.8 Å². The van der Waals surface area contributed by atoms with E-state index in [1.807, 2.05) is 62.3 Å². The number of carbonyl (C=O) groups is 3. The molecule has 3 heterocycles. The van der Waals surface area contributed by atoms with E-state index in [1.165, 1.54) is 16.7 Å². The van der Waals surface area contributed by atoms with Gasteiger partial charge in [-0.1, -0.05) is 18.2 Å². The molecule has 3 saturated heterocycles. The van der Waals surface area contributed by atoms with Gasteiger partial charge in [0.25, 0.3) is 0 Å². The predicted octanol–water partition coefficient (Wildman–Crippen LogP) is 4.84. The van der Waals surface area contributed by atoms with Crippen molar-refractivity contribution in [1.29, 1.82) is 0 Å². The van der Waals surface area contributed by atoms with Gasteiger partial charge in [-0.3, -0.25) is 14.7 Å². The quantitative estimate of drug-likeness (QED) is 0.393. The summed E-state index contributed by atoms with van der Waals surface area (Å²) in [7, 11) is 0. The van der Waals surface area contributed by atoms with Gasteiger partial charge in [-0.15, -0.1) is 0 Å². The fourth-order valence-corrected chi connectivity index (χ4v) is 6.13. The summed E-state index contributed by atoms with van der Waals surface area (Å²) in [4.78, 5) is 50.4. The maximum atomic E-state index is 12.6. The third-order valence-electron chi connectivity index (χ3n) is 8.40. The first-order chi connectivity index (χ1) is 22.3. The van der Waals surface area contributed by atoms with E-state index < -0.39 is 16.8 Å². The molecule has 1 aromatic carbocycles. The molecule has 0 atom stereocenters. The number of hydrogen-bond donors (Lipinski definition) is 0. The van der Waals surface area contributed by atoms with Gasteiger partial charge in [-0.25, -0.2) is 14.4 Å². The lowest BCUT2D eigenvalue weighted by atomic mass is 10.0. The molecule has 4 rings (SSSR count). The van der Waals surface area contributed by atoms with E-state index >= 15 is 0 Å². The number of nitrogens with zero attached hydrogens (tertiary/aromatic N) is 6. The Kier molecular flexibility index (Phi) is 12.3. The van der Waals surface area contributed by atoms with E-state index in [0.29, 0.717) is 39.3 Å². The van der Waals surface area contributed by atoms with Gasteiger partial charge in [-0.2, -0.15) is 0 Å². The van der Waals surface area contributed by atoms with Crippen LogP contribution < -0.4 is 0 Å². The fraction of sp³-hybridized carbons (Fsp3) is 0.750. The number of benzene rings is 1. The number of piperazine rings is 3. The minimum Gasteiger partial charge on any atom is -0.444 e. The van der Waals surface area contributed by atoms with Crippen LogP contribution in [0.5, 0.6) is 0 Å². The van der Waals surface area contributed by atoms with Crippen molar-refractivity contribution < 1.29 is 28.6 Å². The van der Waals surface area contributed by atoms with Gasteiger partial charge in [0.05, 0.1) is 0 Å². The molecule has 0 aromatic heterocycles. The second-order valence-corrected chi connectivity index (χ2v) is 16.4. The molecule has 3 fully saturated rings. The topological polar surface area (TPSA) is 98.3 Å². The molecule has 3 aliphatic rings. The van der Waals surface area contributed by atoms with Crippen LogP contribution >= 0.6 is 0 Å². The second kappa shape index (κ2) is 15.6. The molecule has 0 saturated carbocycles. The number of carbonyl (C=O) groups excluding carboxylic acids is 3. The Morgan fingerprint density at radius 2 is 0.646 bits per heavy atom. The smallest absolute Gasteiger partial charge is 0.410 e. The summed E-state index contributed by atoms with van der Waals surface area (Å²) in [5, 5.41) is 0. The Labute approximate surface area is 288 Å². The molecule has 0 radical (unpaired) electrons. The van der Waals surface area contributed by atoms with Crippen molar-refractivity contribution in [1.82, 2.24) is 29.4 Å². The van der Waals surface area contributed by atoms with Crippen molar-refractivity contribution in [3.63, 3.8) is 0 Å². The van der Waals surface area contributed by atoms with Crippen molar-refractivity contribution >= 4 is 18.3 Å².